The largest absolute Gasteiger partial charge is 0.300 e. The molecular weight excluding hydrogens is 188 g/mol. The van der Waals surface area contributed by atoms with Gasteiger partial charge in [-0.25, -0.2) is 0 Å². The highest BCUT2D eigenvalue weighted by atomic mass is 16.1. The number of aryl methyl sites for hydroxylation is 1. The van der Waals surface area contributed by atoms with Gasteiger partial charge in [-0.1, -0.05) is 29.8 Å². The van der Waals surface area contributed by atoms with Gasteiger partial charge in [-0.15, -0.1) is 0 Å². The van der Waals surface area contributed by atoms with Gasteiger partial charge < -0.3 is 0 Å². The fourth-order valence-electron chi connectivity index (χ4n) is 1.99. The molecule has 1 aliphatic carbocycles. The second kappa shape index (κ2) is 3.97. The summed E-state index contributed by atoms with van der Waals surface area (Å²) in [5, 5.41) is 0. The molecule has 2 rings (SSSR count). The van der Waals surface area contributed by atoms with E-state index in [1.807, 2.05) is 31.2 Å². The van der Waals surface area contributed by atoms with Gasteiger partial charge in [0.15, 0.2) is 5.78 Å². The standard InChI is InChI=1S/C13H14O2/c1-9-2-4-10(5-3-9)13(15)11-6-7-12(14)8-11/h2-5,11H,6-8H2,1H3. The number of Topliss-reactive ketones (excluding diaryl/α,β-unsaturated/α-hetero) is 2. The van der Waals surface area contributed by atoms with E-state index in [9.17, 15) is 9.59 Å². The molecular formula is C13H14O2. The second-order valence-electron chi connectivity index (χ2n) is 4.21. The molecule has 15 heavy (non-hydrogen) atoms. The molecule has 78 valence electrons. The van der Waals surface area contributed by atoms with E-state index in [-0.39, 0.29) is 17.5 Å². The Morgan fingerprint density at radius 1 is 1.27 bits per heavy atom. The van der Waals surface area contributed by atoms with Crippen LogP contribution in [0.2, 0.25) is 0 Å². The number of carbonyl (C=O) groups excluding carboxylic acids is 2. The third kappa shape index (κ3) is 2.14. The Morgan fingerprint density at radius 3 is 2.47 bits per heavy atom. The molecule has 1 fully saturated rings. The van der Waals surface area contributed by atoms with Crippen molar-refractivity contribution in [3.63, 3.8) is 0 Å². The number of ketones is 2. The monoisotopic (exact) mass is 202 g/mol. The summed E-state index contributed by atoms with van der Waals surface area (Å²) < 4.78 is 0. The number of carbonyl (C=O) groups is 2. The van der Waals surface area contributed by atoms with Gasteiger partial charge in [0.1, 0.15) is 5.78 Å². The topological polar surface area (TPSA) is 34.1 Å². The van der Waals surface area contributed by atoms with Gasteiger partial charge in [-0.05, 0) is 13.3 Å². The SMILES string of the molecule is Cc1ccc(C(=O)C2CCC(=O)C2)cc1. The van der Waals surface area contributed by atoms with Crippen LogP contribution in [0.15, 0.2) is 24.3 Å². The molecule has 0 bridgehead atoms. The van der Waals surface area contributed by atoms with Crippen LogP contribution in [-0.2, 0) is 4.79 Å². The predicted octanol–water partition coefficient (Wildman–Crippen LogP) is 2.55. The van der Waals surface area contributed by atoms with Crippen molar-refractivity contribution in [3.8, 4) is 0 Å². The Kier molecular flexibility index (Phi) is 2.67. The van der Waals surface area contributed by atoms with E-state index in [1.54, 1.807) is 0 Å². The van der Waals surface area contributed by atoms with Crippen LogP contribution >= 0.6 is 0 Å². The van der Waals surface area contributed by atoms with Crippen molar-refractivity contribution in [1.82, 2.24) is 0 Å². The highest BCUT2D eigenvalue weighted by Gasteiger charge is 2.28. The average molecular weight is 202 g/mol. The number of rotatable bonds is 2. The molecule has 1 aromatic rings. The Morgan fingerprint density at radius 2 is 1.93 bits per heavy atom. The van der Waals surface area contributed by atoms with Crippen LogP contribution in [0.5, 0.6) is 0 Å². The van der Waals surface area contributed by atoms with Gasteiger partial charge in [0.05, 0.1) is 0 Å². The number of benzene rings is 1. The highest BCUT2D eigenvalue weighted by Crippen LogP contribution is 2.25. The maximum atomic E-state index is 12.0. The van der Waals surface area contributed by atoms with E-state index < -0.39 is 0 Å². The first kappa shape index (κ1) is 10.1. The lowest BCUT2D eigenvalue weighted by Gasteiger charge is -2.06. The highest BCUT2D eigenvalue weighted by molar-refractivity contribution is 6.01. The van der Waals surface area contributed by atoms with Gasteiger partial charge in [0.25, 0.3) is 0 Å². The fraction of sp³-hybridized carbons (Fsp3) is 0.385. The van der Waals surface area contributed by atoms with Crippen LogP contribution in [0.3, 0.4) is 0 Å². The molecule has 2 heteroatoms. The quantitative estimate of drug-likeness (QED) is 0.691. The first-order valence-electron chi connectivity index (χ1n) is 5.29. The van der Waals surface area contributed by atoms with Crippen LogP contribution in [0.4, 0.5) is 0 Å². The zero-order valence-electron chi connectivity index (χ0n) is 8.82. The molecule has 0 spiro atoms. The Balaban J connectivity index is 2.14. The molecule has 0 radical (unpaired) electrons. The summed E-state index contributed by atoms with van der Waals surface area (Å²) in [4.78, 5) is 23.0. The molecule has 0 aromatic heterocycles. The zero-order chi connectivity index (χ0) is 10.8. The van der Waals surface area contributed by atoms with E-state index in [0.29, 0.717) is 12.8 Å². The van der Waals surface area contributed by atoms with Gasteiger partial charge >= 0.3 is 0 Å². The molecule has 0 heterocycles. The van der Waals surface area contributed by atoms with Crippen LogP contribution in [0.1, 0.15) is 35.2 Å². The van der Waals surface area contributed by atoms with Crippen molar-refractivity contribution in [2.45, 2.75) is 26.2 Å². The maximum absolute atomic E-state index is 12.0. The molecule has 1 saturated carbocycles. The van der Waals surface area contributed by atoms with Gasteiger partial charge in [0, 0.05) is 24.3 Å². The summed E-state index contributed by atoms with van der Waals surface area (Å²) in [7, 11) is 0. The second-order valence-corrected chi connectivity index (χ2v) is 4.21. The first-order valence-corrected chi connectivity index (χ1v) is 5.29. The van der Waals surface area contributed by atoms with Gasteiger partial charge in [-0.3, -0.25) is 9.59 Å². The Hall–Kier alpha value is -1.44. The third-order valence-corrected chi connectivity index (χ3v) is 2.95. The van der Waals surface area contributed by atoms with Crippen molar-refractivity contribution >= 4 is 11.6 Å². The molecule has 0 N–H and O–H groups in total. The van der Waals surface area contributed by atoms with E-state index in [1.165, 1.54) is 0 Å². The molecule has 2 nitrogen and oxygen atoms in total. The summed E-state index contributed by atoms with van der Waals surface area (Å²) in [6.45, 7) is 1.99. The van der Waals surface area contributed by atoms with Crippen molar-refractivity contribution in [3.05, 3.63) is 35.4 Å². The summed E-state index contributed by atoms with van der Waals surface area (Å²) in [5.41, 5.74) is 1.88. The third-order valence-electron chi connectivity index (χ3n) is 2.95. The Bertz CT molecular complexity index is 390. The molecule has 0 aliphatic heterocycles. The minimum Gasteiger partial charge on any atom is -0.300 e. The summed E-state index contributed by atoms with van der Waals surface area (Å²) in [5.74, 6) is 0.279. The fourth-order valence-corrected chi connectivity index (χ4v) is 1.99. The number of hydrogen-bond donors (Lipinski definition) is 0. The smallest absolute Gasteiger partial charge is 0.166 e. The van der Waals surface area contributed by atoms with E-state index in [2.05, 4.69) is 0 Å². The van der Waals surface area contributed by atoms with Crippen molar-refractivity contribution < 1.29 is 9.59 Å². The lowest BCUT2D eigenvalue weighted by Crippen LogP contribution is -2.11. The summed E-state index contributed by atoms with van der Waals surface area (Å²) >= 11 is 0. The normalized spacial score (nSPS) is 20.6. The maximum Gasteiger partial charge on any atom is 0.166 e. The van der Waals surface area contributed by atoms with E-state index in [4.69, 9.17) is 0 Å². The molecule has 1 unspecified atom stereocenters. The number of hydrogen-bond acceptors (Lipinski definition) is 2. The molecule has 1 atom stereocenters. The zero-order valence-corrected chi connectivity index (χ0v) is 8.82. The van der Waals surface area contributed by atoms with Gasteiger partial charge in [0.2, 0.25) is 0 Å². The van der Waals surface area contributed by atoms with E-state index in [0.717, 1.165) is 17.5 Å². The molecule has 1 aromatic carbocycles. The van der Waals surface area contributed by atoms with Crippen molar-refractivity contribution in [1.29, 1.82) is 0 Å². The van der Waals surface area contributed by atoms with Gasteiger partial charge in [-0.2, -0.15) is 0 Å². The van der Waals surface area contributed by atoms with Crippen LogP contribution in [-0.4, -0.2) is 11.6 Å². The lowest BCUT2D eigenvalue weighted by molar-refractivity contribution is -0.117. The minimum absolute atomic E-state index is 0.0693. The Labute approximate surface area is 89.3 Å². The molecule has 0 saturated heterocycles. The first-order chi connectivity index (χ1) is 7.16. The van der Waals surface area contributed by atoms with Crippen molar-refractivity contribution in [2.75, 3.05) is 0 Å². The predicted molar refractivity (Wildman–Crippen MR) is 57.9 cm³/mol. The van der Waals surface area contributed by atoms with Crippen LogP contribution in [0.25, 0.3) is 0 Å². The molecule has 1 aliphatic rings. The average Bonchev–Trinajstić information content (AvgIpc) is 2.65. The van der Waals surface area contributed by atoms with Crippen molar-refractivity contribution in [2.24, 2.45) is 5.92 Å². The van der Waals surface area contributed by atoms with Crippen LogP contribution < -0.4 is 0 Å². The van der Waals surface area contributed by atoms with E-state index >= 15 is 0 Å². The summed E-state index contributed by atoms with van der Waals surface area (Å²) in [6.07, 6.45) is 1.74. The van der Waals surface area contributed by atoms with Crippen LogP contribution in [0, 0.1) is 12.8 Å². The minimum atomic E-state index is -0.0693. The summed E-state index contributed by atoms with van der Waals surface area (Å²) in [6, 6.07) is 7.56. The lowest BCUT2D eigenvalue weighted by atomic mass is 9.96. The molecule has 0 amide bonds.